The van der Waals surface area contributed by atoms with Crippen molar-refractivity contribution in [2.75, 3.05) is 32.1 Å². The molecule has 2 aliphatic heterocycles. The first-order chi connectivity index (χ1) is 11.8. The van der Waals surface area contributed by atoms with Crippen LogP contribution in [0.4, 0.5) is 16.2 Å². The van der Waals surface area contributed by atoms with Crippen LogP contribution in [-0.4, -0.2) is 54.2 Å². The Hall–Kier alpha value is -2.10. The molecule has 26 heavy (non-hydrogen) atoms. The molecule has 0 spiro atoms. The molecule has 1 unspecified atom stereocenters. The molecule has 8 nitrogen and oxygen atoms in total. The van der Waals surface area contributed by atoms with Crippen LogP contribution in [0, 0.1) is 10.1 Å². The van der Waals surface area contributed by atoms with Gasteiger partial charge in [0, 0.05) is 42.5 Å². The van der Waals surface area contributed by atoms with Gasteiger partial charge in [-0.15, -0.1) is 12.4 Å². The number of non-ortho nitro benzene ring substituents is 1. The van der Waals surface area contributed by atoms with Crippen LogP contribution in [0.2, 0.25) is 0 Å². The van der Waals surface area contributed by atoms with Crippen molar-refractivity contribution in [3.05, 3.63) is 38.8 Å². The molecular weight excluding hydrogens is 380 g/mol. The molecule has 10 heteroatoms. The maximum absolute atomic E-state index is 11.8. The van der Waals surface area contributed by atoms with Gasteiger partial charge in [-0.1, -0.05) is 0 Å². The zero-order valence-corrected chi connectivity index (χ0v) is 15.9. The molecule has 1 atom stereocenters. The minimum Gasteiger partial charge on any atom is -0.369 e. The molecule has 1 aromatic carbocycles. The summed E-state index contributed by atoms with van der Waals surface area (Å²) >= 11 is 0.804. The smallest absolute Gasteiger partial charge is 0.290 e. The van der Waals surface area contributed by atoms with Gasteiger partial charge in [-0.25, -0.2) is 0 Å². The van der Waals surface area contributed by atoms with E-state index in [1.165, 1.54) is 12.1 Å². The van der Waals surface area contributed by atoms with Crippen molar-refractivity contribution < 1.29 is 14.5 Å². The molecule has 2 heterocycles. The van der Waals surface area contributed by atoms with Crippen molar-refractivity contribution >= 4 is 52.8 Å². The zero-order chi connectivity index (χ0) is 18.1. The largest absolute Gasteiger partial charge is 0.369 e. The summed E-state index contributed by atoms with van der Waals surface area (Å²) in [7, 11) is 4.05. The van der Waals surface area contributed by atoms with Gasteiger partial charge < -0.3 is 9.80 Å². The third-order valence-corrected chi connectivity index (χ3v) is 5.20. The number of imide groups is 1. The number of halogens is 1. The molecule has 2 amide bonds. The number of nitro benzene ring substituents is 1. The first kappa shape index (κ1) is 20.2. The Bertz CT molecular complexity index is 784. The predicted molar refractivity (Wildman–Crippen MR) is 104 cm³/mol. The van der Waals surface area contributed by atoms with Gasteiger partial charge in [-0.2, -0.15) is 0 Å². The van der Waals surface area contributed by atoms with Crippen LogP contribution >= 0.6 is 24.2 Å². The lowest BCUT2D eigenvalue weighted by molar-refractivity contribution is -0.384. The molecule has 140 valence electrons. The molecule has 1 aromatic rings. The van der Waals surface area contributed by atoms with Crippen LogP contribution < -0.4 is 10.2 Å². The molecule has 3 rings (SSSR count). The summed E-state index contributed by atoms with van der Waals surface area (Å²) in [6.07, 6.45) is 2.55. The number of nitro groups is 1. The van der Waals surface area contributed by atoms with Crippen molar-refractivity contribution in [1.29, 1.82) is 0 Å². The number of hydrogen-bond donors (Lipinski definition) is 1. The van der Waals surface area contributed by atoms with Gasteiger partial charge in [0.25, 0.3) is 16.8 Å². The monoisotopic (exact) mass is 398 g/mol. The summed E-state index contributed by atoms with van der Waals surface area (Å²) in [6.45, 7) is 1.63. The number of benzene rings is 1. The third-order valence-electron chi connectivity index (χ3n) is 4.38. The van der Waals surface area contributed by atoms with Crippen molar-refractivity contribution in [3.8, 4) is 0 Å². The highest BCUT2D eigenvalue weighted by atomic mass is 35.5. The van der Waals surface area contributed by atoms with Gasteiger partial charge in [-0.05, 0) is 44.4 Å². The first-order valence-electron chi connectivity index (χ1n) is 7.80. The molecule has 2 saturated heterocycles. The number of thioether (sulfide) groups is 1. The number of carbonyl (C=O) groups is 2. The van der Waals surface area contributed by atoms with E-state index in [-0.39, 0.29) is 23.0 Å². The van der Waals surface area contributed by atoms with Gasteiger partial charge in [0.2, 0.25) is 0 Å². The average Bonchev–Trinajstić information content (AvgIpc) is 3.14. The van der Waals surface area contributed by atoms with Crippen LogP contribution in [0.25, 0.3) is 6.08 Å². The Labute approximate surface area is 161 Å². The van der Waals surface area contributed by atoms with Crippen molar-refractivity contribution in [1.82, 2.24) is 10.2 Å². The molecule has 1 N–H and O–H groups in total. The normalized spacial score (nSPS) is 21.3. The maximum Gasteiger partial charge on any atom is 0.290 e. The quantitative estimate of drug-likeness (QED) is 0.472. The minimum atomic E-state index is -0.472. The molecule has 0 aliphatic carbocycles. The fraction of sp³-hybridized carbons (Fsp3) is 0.375. The fourth-order valence-corrected chi connectivity index (χ4v) is 3.68. The van der Waals surface area contributed by atoms with Crippen molar-refractivity contribution in [2.24, 2.45) is 0 Å². The summed E-state index contributed by atoms with van der Waals surface area (Å²) in [5.41, 5.74) is 1.35. The number of hydrogen-bond acceptors (Lipinski definition) is 7. The Kier molecular flexibility index (Phi) is 6.27. The van der Waals surface area contributed by atoms with Gasteiger partial charge in [0.1, 0.15) is 0 Å². The molecular formula is C16H19ClN4O4S. The first-order valence-corrected chi connectivity index (χ1v) is 8.61. The maximum atomic E-state index is 11.8. The van der Waals surface area contributed by atoms with Gasteiger partial charge in [0.05, 0.1) is 9.83 Å². The van der Waals surface area contributed by atoms with Crippen LogP contribution in [-0.2, 0) is 4.79 Å². The Morgan fingerprint density at radius 2 is 2.12 bits per heavy atom. The highest BCUT2D eigenvalue weighted by molar-refractivity contribution is 8.18. The summed E-state index contributed by atoms with van der Waals surface area (Å²) < 4.78 is 0. The van der Waals surface area contributed by atoms with E-state index in [2.05, 4.69) is 15.1 Å². The number of nitrogens with zero attached hydrogens (tertiary/aromatic N) is 3. The Morgan fingerprint density at radius 3 is 2.65 bits per heavy atom. The predicted octanol–water partition coefficient (Wildman–Crippen LogP) is 2.48. The molecule has 2 aliphatic rings. The summed E-state index contributed by atoms with van der Waals surface area (Å²) in [5.74, 6) is -0.472. The minimum absolute atomic E-state index is 0. The van der Waals surface area contributed by atoms with Crippen LogP contribution in [0.3, 0.4) is 0 Å². The summed E-state index contributed by atoms with van der Waals surface area (Å²) in [6, 6.07) is 5.03. The lowest BCUT2D eigenvalue weighted by atomic mass is 10.1. The second kappa shape index (κ2) is 8.07. The lowest BCUT2D eigenvalue weighted by Gasteiger charge is -2.23. The van der Waals surface area contributed by atoms with Crippen LogP contribution in [0.5, 0.6) is 0 Å². The van der Waals surface area contributed by atoms with Crippen LogP contribution in [0.15, 0.2) is 23.1 Å². The number of carbonyl (C=O) groups excluding carboxylic acids is 2. The van der Waals surface area contributed by atoms with Crippen molar-refractivity contribution in [3.63, 3.8) is 0 Å². The molecule has 0 bridgehead atoms. The van der Waals surface area contributed by atoms with E-state index in [0.717, 1.165) is 37.0 Å². The number of anilines is 1. The highest BCUT2D eigenvalue weighted by Crippen LogP contribution is 2.33. The zero-order valence-electron chi connectivity index (χ0n) is 14.3. The number of likely N-dealkylation sites (N-methyl/N-ethyl adjacent to an activating group) is 1. The number of nitrogens with one attached hydrogen (secondary N) is 1. The second-order valence-corrected chi connectivity index (χ2v) is 7.22. The van der Waals surface area contributed by atoms with Crippen LogP contribution in [0.1, 0.15) is 12.0 Å². The van der Waals surface area contributed by atoms with E-state index in [1.807, 2.05) is 14.1 Å². The van der Waals surface area contributed by atoms with E-state index < -0.39 is 16.1 Å². The van der Waals surface area contributed by atoms with E-state index in [4.69, 9.17) is 0 Å². The summed E-state index contributed by atoms with van der Waals surface area (Å²) in [4.78, 5) is 38.4. The van der Waals surface area contributed by atoms with Crippen molar-refractivity contribution in [2.45, 2.75) is 12.5 Å². The molecule has 2 fully saturated rings. The molecule has 0 radical (unpaired) electrons. The van der Waals surface area contributed by atoms with E-state index in [9.17, 15) is 19.7 Å². The molecule has 0 aromatic heterocycles. The van der Waals surface area contributed by atoms with E-state index in [0.29, 0.717) is 11.6 Å². The highest BCUT2D eigenvalue weighted by Gasteiger charge is 2.28. The molecule has 0 saturated carbocycles. The Balaban J connectivity index is 0.00000243. The number of rotatable bonds is 4. The summed E-state index contributed by atoms with van der Waals surface area (Å²) in [5, 5.41) is 12.9. The Morgan fingerprint density at radius 1 is 1.38 bits per heavy atom. The second-order valence-electron chi connectivity index (χ2n) is 6.20. The fourth-order valence-electron chi connectivity index (χ4n) is 3.00. The average molecular weight is 399 g/mol. The van der Waals surface area contributed by atoms with Gasteiger partial charge in [0.15, 0.2) is 0 Å². The number of amides is 2. The lowest BCUT2D eigenvalue weighted by Crippen LogP contribution is -2.31. The third kappa shape index (κ3) is 4.17. The SMILES string of the molecule is CN(C)C1CCN(c2ccc([N+](=O)[O-])cc2/C=C2\SC(=O)NC2=O)C1.Cl. The standard InChI is InChI=1S/C16H18N4O4S.ClH/c1-18(2)12-5-6-19(9-12)13-4-3-11(20(23)24)7-10(13)8-14-15(21)17-16(22)25-14;/h3-4,7-8,12H,5-6,9H2,1-2H3,(H,17,21,22);1H/b14-8-;. The van der Waals surface area contributed by atoms with E-state index >= 15 is 0 Å². The van der Waals surface area contributed by atoms with E-state index in [1.54, 1.807) is 12.1 Å². The van der Waals surface area contributed by atoms with Gasteiger partial charge in [-0.3, -0.25) is 25.0 Å². The van der Waals surface area contributed by atoms with Gasteiger partial charge >= 0.3 is 0 Å². The topological polar surface area (TPSA) is 95.8 Å².